The number of H-pyrrole nitrogens is 1. The second kappa shape index (κ2) is 6.71. The molecule has 3 heterocycles. The Morgan fingerprint density at radius 1 is 1.30 bits per heavy atom. The standard InChI is InChI=1S/C15H17N5O5S2/c1-27(23,24)12-7-18-15(25-12)11-6-17-14-10(2-3-16-14)13(11)19-8-4-9(5-8)20-26(21)22/h2-3,6-9,20H,4-5H2,1H3,(H,21,22)(H2,16,17,19)/p-1. The van der Waals surface area contributed by atoms with E-state index in [0.29, 0.717) is 29.7 Å². The predicted octanol–water partition coefficient (Wildman–Crippen LogP) is 0.948. The van der Waals surface area contributed by atoms with Crippen molar-refractivity contribution in [3.8, 4) is 11.5 Å². The van der Waals surface area contributed by atoms with Crippen LogP contribution >= 0.6 is 0 Å². The lowest BCUT2D eigenvalue weighted by Gasteiger charge is -2.37. The zero-order chi connectivity index (χ0) is 19.2. The van der Waals surface area contributed by atoms with Crippen LogP contribution < -0.4 is 10.0 Å². The van der Waals surface area contributed by atoms with Crippen LogP contribution in [-0.2, 0) is 21.1 Å². The molecule has 3 aromatic heterocycles. The van der Waals surface area contributed by atoms with Gasteiger partial charge in [0.15, 0.2) is 0 Å². The first kappa shape index (κ1) is 18.1. The predicted molar refractivity (Wildman–Crippen MR) is 97.2 cm³/mol. The summed E-state index contributed by atoms with van der Waals surface area (Å²) >= 11 is -2.29. The van der Waals surface area contributed by atoms with Crippen LogP contribution in [-0.4, -0.2) is 50.5 Å². The number of anilines is 1. The molecule has 27 heavy (non-hydrogen) atoms. The first-order chi connectivity index (χ1) is 12.8. The van der Waals surface area contributed by atoms with E-state index < -0.39 is 21.1 Å². The van der Waals surface area contributed by atoms with Gasteiger partial charge in [-0.3, -0.25) is 4.21 Å². The van der Waals surface area contributed by atoms with Crippen LogP contribution in [0.2, 0.25) is 0 Å². The minimum absolute atomic E-state index is 0.0506. The van der Waals surface area contributed by atoms with E-state index in [1.54, 1.807) is 12.4 Å². The highest BCUT2D eigenvalue weighted by Gasteiger charge is 2.30. The van der Waals surface area contributed by atoms with Crippen LogP contribution in [0.15, 0.2) is 34.2 Å². The molecule has 4 rings (SSSR count). The van der Waals surface area contributed by atoms with Gasteiger partial charge in [0.05, 0.1) is 17.4 Å². The van der Waals surface area contributed by atoms with Crippen LogP contribution in [0.5, 0.6) is 0 Å². The molecule has 12 heteroatoms. The van der Waals surface area contributed by atoms with Crippen LogP contribution in [0.4, 0.5) is 5.69 Å². The molecule has 1 saturated carbocycles. The maximum atomic E-state index is 11.7. The summed E-state index contributed by atoms with van der Waals surface area (Å²) in [6.07, 6.45) is 6.77. The molecule has 0 aromatic carbocycles. The number of nitrogens with one attached hydrogen (secondary N) is 3. The number of hydrogen-bond donors (Lipinski definition) is 3. The quantitative estimate of drug-likeness (QED) is 0.508. The van der Waals surface area contributed by atoms with E-state index in [-0.39, 0.29) is 23.1 Å². The molecule has 0 radical (unpaired) electrons. The summed E-state index contributed by atoms with van der Waals surface area (Å²) in [4.78, 5) is 11.4. The van der Waals surface area contributed by atoms with Gasteiger partial charge in [-0.1, -0.05) is 0 Å². The van der Waals surface area contributed by atoms with E-state index in [0.717, 1.165) is 11.6 Å². The highest BCUT2D eigenvalue weighted by molar-refractivity contribution is 7.90. The summed E-state index contributed by atoms with van der Waals surface area (Å²) in [6.45, 7) is 0. The molecule has 3 aromatic rings. The molecule has 1 aliphatic carbocycles. The average molecular weight is 410 g/mol. The van der Waals surface area contributed by atoms with Crippen LogP contribution in [0, 0.1) is 0 Å². The molecule has 10 nitrogen and oxygen atoms in total. The van der Waals surface area contributed by atoms with Crippen molar-refractivity contribution in [2.24, 2.45) is 0 Å². The first-order valence-electron chi connectivity index (χ1n) is 8.05. The molecule has 3 N–H and O–H groups in total. The third kappa shape index (κ3) is 3.60. The third-order valence-electron chi connectivity index (χ3n) is 4.42. The number of aromatic amines is 1. The van der Waals surface area contributed by atoms with Gasteiger partial charge < -0.3 is 19.3 Å². The number of hydrogen-bond acceptors (Lipinski definition) is 8. The maximum Gasteiger partial charge on any atom is 0.238 e. The summed E-state index contributed by atoms with van der Waals surface area (Å²) in [6, 6.07) is 1.79. The average Bonchev–Trinajstić information content (AvgIpc) is 3.21. The number of nitrogens with zero attached hydrogens (tertiary/aromatic N) is 2. The summed E-state index contributed by atoms with van der Waals surface area (Å²) in [7, 11) is -3.51. The number of rotatable bonds is 6. The maximum absolute atomic E-state index is 11.7. The largest absolute Gasteiger partial charge is 0.760 e. The summed E-state index contributed by atoms with van der Waals surface area (Å²) in [5, 5.41) is 3.96. The Morgan fingerprint density at radius 2 is 2.07 bits per heavy atom. The lowest BCUT2D eigenvalue weighted by atomic mass is 9.87. The zero-order valence-corrected chi connectivity index (χ0v) is 15.8. The van der Waals surface area contributed by atoms with Gasteiger partial charge in [-0.2, -0.15) is 0 Å². The Hall–Kier alpha value is -2.28. The van der Waals surface area contributed by atoms with Crippen LogP contribution in [0.3, 0.4) is 0 Å². The highest BCUT2D eigenvalue weighted by Crippen LogP contribution is 2.36. The zero-order valence-electron chi connectivity index (χ0n) is 14.1. The normalized spacial score (nSPS) is 21.1. The number of oxazole rings is 1. The molecule has 0 saturated heterocycles. The van der Waals surface area contributed by atoms with Crippen LogP contribution in [0.25, 0.3) is 22.5 Å². The Balaban J connectivity index is 1.67. The second-order valence-electron chi connectivity index (χ2n) is 6.41. The molecule has 0 amide bonds. The van der Waals surface area contributed by atoms with Gasteiger partial charge in [0, 0.05) is 47.4 Å². The van der Waals surface area contributed by atoms with Crippen molar-refractivity contribution in [1.29, 1.82) is 0 Å². The van der Waals surface area contributed by atoms with E-state index in [1.165, 1.54) is 6.20 Å². The lowest BCUT2D eigenvalue weighted by Crippen LogP contribution is -2.48. The lowest BCUT2D eigenvalue weighted by molar-refractivity contribution is 0.342. The SMILES string of the molecule is CS(=O)(=O)c1cnc(-c2cnc3[nH]ccc3c2NC2CC(NS(=O)[O-])C2)o1. The molecule has 144 valence electrons. The fraction of sp³-hybridized carbons (Fsp3) is 0.333. The molecule has 0 aliphatic heterocycles. The molecule has 0 spiro atoms. The van der Waals surface area contributed by atoms with Gasteiger partial charge in [0.2, 0.25) is 20.8 Å². The molecule has 1 atom stereocenters. The summed E-state index contributed by atoms with van der Waals surface area (Å²) < 4.78 is 52.6. The number of sulfone groups is 1. The fourth-order valence-electron chi connectivity index (χ4n) is 3.05. The van der Waals surface area contributed by atoms with Gasteiger partial charge in [-0.25, -0.2) is 23.1 Å². The van der Waals surface area contributed by atoms with E-state index in [2.05, 4.69) is 25.0 Å². The highest BCUT2D eigenvalue weighted by atomic mass is 32.2. The van der Waals surface area contributed by atoms with Crippen molar-refractivity contribution < 1.29 is 21.6 Å². The fourth-order valence-corrected chi connectivity index (χ4v) is 3.99. The molecule has 1 unspecified atom stereocenters. The van der Waals surface area contributed by atoms with Crippen LogP contribution in [0.1, 0.15) is 12.8 Å². The van der Waals surface area contributed by atoms with Crippen molar-refractivity contribution >= 4 is 37.8 Å². The van der Waals surface area contributed by atoms with E-state index in [9.17, 15) is 17.2 Å². The van der Waals surface area contributed by atoms with Crippen molar-refractivity contribution in [2.75, 3.05) is 11.6 Å². The monoisotopic (exact) mass is 410 g/mol. The minimum atomic E-state index is -3.51. The molecular weight excluding hydrogens is 394 g/mol. The van der Waals surface area contributed by atoms with Crippen molar-refractivity contribution in [2.45, 2.75) is 30.0 Å². The van der Waals surface area contributed by atoms with E-state index in [4.69, 9.17) is 4.42 Å². The van der Waals surface area contributed by atoms with Gasteiger partial charge in [-0.15, -0.1) is 0 Å². The van der Waals surface area contributed by atoms with Crippen molar-refractivity contribution in [3.63, 3.8) is 0 Å². The molecule has 0 bridgehead atoms. The van der Waals surface area contributed by atoms with Gasteiger partial charge in [-0.05, 0) is 18.9 Å². The molecule has 1 aliphatic rings. The Morgan fingerprint density at radius 3 is 2.74 bits per heavy atom. The minimum Gasteiger partial charge on any atom is -0.760 e. The van der Waals surface area contributed by atoms with Crippen molar-refractivity contribution in [3.05, 3.63) is 24.7 Å². The number of aromatic nitrogens is 3. The molecular formula is C15H16N5O5S2-. The van der Waals surface area contributed by atoms with E-state index >= 15 is 0 Å². The molecule has 1 fully saturated rings. The smallest absolute Gasteiger partial charge is 0.238 e. The van der Waals surface area contributed by atoms with Gasteiger partial charge in [0.25, 0.3) is 0 Å². The number of pyridine rings is 1. The number of fused-ring (bicyclic) bond motifs is 1. The Bertz CT molecular complexity index is 1120. The second-order valence-corrected chi connectivity index (χ2v) is 9.06. The van der Waals surface area contributed by atoms with Crippen molar-refractivity contribution in [1.82, 2.24) is 19.7 Å². The topological polar surface area (TPSA) is 153 Å². The first-order valence-corrected chi connectivity index (χ1v) is 11.0. The summed E-state index contributed by atoms with van der Waals surface area (Å²) in [5.41, 5.74) is 1.89. The van der Waals surface area contributed by atoms with Gasteiger partial charge in [0.1, 0.15) is 5.65 Å². The van der Waals surface area contributed by atoms with Gasteiger partial charge >= 0.3 is 0 Å². The summed E-state index contributed by atoms with van der Waals surface area (Å²) in [5.74, 6) is 0.142. The Labute approximate surface area is 157 Å². The third-order valence-corrected chi connectivity index (χ3v) is 5.86. The van der Waals surface area contributed by atoms with E-state index in [1.807, 2.05) is 6.07 Å². The Kier molecular flexibility index (Phi) is 4.50.